The standard InChI is InChI=1S/C15H16N4O5/c16-14(20)7-8-18(10-13-2-1-9-24-13)15(21)17-11-3-5-12(6-4-11)19(22)23/h1-6,9H,7-8,10H2,(H2,16,20)(H,17,21). The number of hydrogen-bond donors (Lipinski definition) is 2. The van der Waals surface area contributed by atoms with Crippen molar-refractivity contribution in [1.82, 2.24) is 4.90 Å². The molecule has 0 atom stereocenters. The van der Waals surface area contributed by atoms with Gasteiger partial charge in [0, 0.05) is 30.8 Å². The molecule has 0 fully saturated rings. The normalized spacial score (nSPS) is 10.2. The van der Waals surface area contributed by atoms with Crippen molar-refractivity contribution < 1.29 is 18.9 Å². The molecule has 24 heavy (non-hydrogen) atoms. The van der Waals surface area contributed by atoms with Crippen molar-refractivity contribution in [2.45, 2.75) is 13.0 Å². The maximum atomic E-state index is 12.4. The number of amides is 3. The summed E-state index contributed by atoms with van der Waals surface area (Å²) >= 11 is 0. The van der Waals surface area contributed by atoms with Gasteiger partial charge in [-0.15, -0.1) is 0 Å². The molecule has 2 rings (SSSR count). The number of carbonyl (C=O) groups excluding carboxylic acids is 2. The lowest BCUT2D eigenvalue weighted by Crippen LogP contribution is -2.36. The largest absolute Gasteiger partial charge is 0.467 e. The number of primary amides is 1. The molecule has 3 amide bonds. The zero-order chi connectivity index (χ0) is 17.5. The molecular formula is C15H16N4O5. The second kappa shape index (κ2) is 7.77. The predicted molar refractivity (Wildman–Crippen MR) is 85.0 cm³/mol. The van der Waals surface area contributed by atoms with Gasteiger partial charge in [-0.05, 0) is 24.3 Å². The Labute approximate surface area is 137 Å². The highest BCUT2D eigenvalue weighted by Crippen LogP contribution is 2.16. The average molecular weight is 332 g/mol. The van der Waals surface area contributed by atoms with Crippen LogP contribution in [0.25, 0.3) is 0 Å². The number of nitro benzene ring substituents is 1. The molecule has 0 aliphatic carbocycles. The number of carbonyl (C=O) groups is 2. The van der Waals surface area contributed by atoms with Crippen molar-refractivity contribution in [2.75, 3.05) is 11.9 Å². The van der Waals surface area contributed by atoms with Crippen molar-refractivity contribution in [2.24, 2.45) is 5.73 Å². The molecule has 2 aromatic rings. The number of anilines is 1. The van der Waals surface area contributed by atoms with E-state index in [1.807, 2.05) is 0 Å². The molecule has 0 bridgehead atoms. The fourth-order valence-corrected chi connectivity index (χ4v) is 1.96. The van der Waals surface area contributed by atoms with E-state index in [0.29, 0.717) is 11.4 Å². The average Bonchev–Trinajstić information content (AvgIpc) is 3.04. The minimum atomic E-state index is -0.526. The molecule has 1 heterocycles. The van der Waals surface area contributed by atoms with Gasteiger partial charge >= 0.3 is 6.03 Å². The third kappa shape index (κ3) is 4.83. The molecule has 9 heteroatoms. The molecule has 0 aliphatic rings. The highest BCUT2D eigenvalue weighted by atomic mass is 16.6. The minimum absolute atomic E-state index is 0.00832. The maximum Gasteiger partial charge on any atom is 0.322 e. The zero-order valence-corrected chi connectivity index (χ0v) is 12.7. The van der Waals surface area contributed by atoms with Gasteiger partial charge < -0.3 is 20.4 Å². The quantitative estimate of drug-likeness (QED) is 0.592. The molecule has 3 N–H and O–H groups in total. The molecule has 0 saturated heterocycles. The van der Waals surface area contributed by atoms with Crippen LogP contribution in [0.1, 0.15) is 12.2 Å². The van der Waals surface area contributed by atoms with E-state index in [2.05, 4.69) is 5.32 Å². The summed E-state index contributed by atoms with van der Waals surface area (Å²) in [5.41, 5.74) is 5.45. The van der Waals surface area contributed by atoms with Crippen LogP contribution in [0.3, 0.4) is 0 Å². The Balaban J connectivity index is 2.05. The number of nitrogens with two attached hydrogens (primary N) is 1. The lowest BCUT2D eigenvalue weighted by Gasteiger charge is -2.21. The topological polar surface area (TPSA) is 132 Å². The van der Waals surface area contributed by atoms with Crippen molar-refractivity contribution in [3.05, 3.63) is 58.5 Å². The second-order valence-corrected chi connectivity index (χ2v) is 4.95. The summed E-state index contributed by atoms with van der Waals surface area (Å²) in [6.45, 7) is 0.286. The zero-order valence-electron chi connectivity index (χ0n) is 12.7. The van der Waals surface area contributed by atoms with Crippen molar-refractivity contribution in [3.8, 4) is 0 Å². The molecule has 1 aromatic heterocycles. The van der Waals surface area contributed by atoms with Crippen LogP contribution in [0.15, 0.2) is 47.1 Å². The van der Waals surface area contributed by atoms with Crippen LogP contribution in [0.4, 0.5) is 16.2 Å². The first-order valence-corrected chi connectivity index (χ1v) is 7.07. The number of nitro groups is 1. The van der Waals surface area contributed by atoms with Gasteiger partial charge in [-0.2, -0.15) is 0 Å². The first kappa shape index (κ1) is 17.0. The first-order valence-electron chi connectivity index (χ1n) is 7.07. The smallest absolute Gasteiger partial charge is 0.322 e. The van der Waals surface area contributed by atoms with Gasteiger partial charge in [-0.1, -0.05) is 0 Å². The van der Waals surface area contributed by atoms with Gasteiger partial charge in [-0.25, -0.2) is 4.79 Å². The monoisotopic (exact) mass is 332 g/mol. The van der Waals surface area contributed by atoms with Crippen LogP contribution in [-0.2, 0) is 11.3 Å². The summed E-state index contributed by atoms with van der Waals surface area (Å²) in [5, 5.41) is 13.2. The third-order valence-corrected chi connectivity index (χ3v) is 3.17. The summed E-state index contributed by atoms with van der Waals surface area (Å²) < 4.78 is 5.20. The number of furan rings is 1. The van der Waals surface area contributed by atoms with Crippen LogP contribution in [0, 0.1) is 10.1 Å². The fraction of sp³-hybridized carbons (Fsp3) is 0.200. The molecule has 0 saturated carbocycles. The lowest BCUT2D eigenvalue weighted by atomic mass is 10.3. The first-order chi connectivity index (χ1) is 11.5. The van der Waals surface area contributed by atoms with E-state index in [1.165, 1.54) is 35.4 Å². The third-order valence-electron chi connectivity index (χ3n) is 3.17. The van der Waals surface area contributed by atoms with E-state index in [0.717, 1.165) is 0 Å². The summed E-state index contributed by atoms with van der Waals surface area (Å²) in [6, 6.07) is 8.35. The number of benzene rings is 1. The molecule has 126 valence electrons. The molecule has 1 aromatic carbocycles. The van der Waals surface area contributed by atoms with Crippen molar-refractivity contribution in [3.63, 3.8) is 0 Å². The highest BCUT2D eigenvalue weighted by molar-refractivity contribution is 5.89. The van der Waals surface area contributed by atoms with E-state index in [9.17, 15) is 19.7 Å². The van der Waals surface area contributed by atoms with Gasteiger partial charge in [-0.3, -0.25) is 14.9 Å². The Kier molecular flexibility index (Phi) is 5.50. The Bertz CT molecular complexity index is 712. The van der Waals surface area contributed by atoms with Crippen LogP contribution in [0.2, 0.25) is 0 Å². The SMILES string of the molecule is NC(=O)CCN(Cc1ccco1)C(=O)Nc1ccc([N+](=O)[O-])cc1. The number of rotatable bonds is 7. The van der Waals surface area contributed by atoms with Gasteiger partial charge in [0.1, 0.15) is 5.76 Å². The Morgan fingerprint density at radius 3 is 2.50 bits per heavy atom. The van der Waals surface area contributed by atoms with Crippen LogP contribution >= 0.6 is 0 Å². The van der Waals surface area contributed by atoms with Gasteiger partial charge in [0.05, 0.1) is 17.7 Å². The summed E-state index contributed by atoms with van der Waals surface area (Å²) in [7, 11) is 0. The molecule has 0 aliphatic heterocycles. The number of nitrogens with one attached hydrogen (secondary N) is 1. The number of hydrogen-bond acceptors (Lipinski definition) is 5. The molecule has 0 spiro atoms. The van der Waals surface area contributed by atoms with E-state index in [4.69, 9.17) is 10.2 Å². The Morgan fingerprint density at radius 1 is 1.25 bits per heavy atom. The number of non-ortho nitro benzene ring substituents is 1. The maximum absolute atomic E-state index is 12.4. The Hall–Kier alpha value is -3.36. The van der Waals surface area contributed by atoms with Crippen LogP contribution in [-0.4, -0.2) is 28.3 Å². The molecular weight excluding hydrogens is 316 g/mol. The fourth-order valence-electron chi connectivity index (χ4n) is 1.96. The molecule has 0 unspecified atom stereocenters. The summed E-state index contributed by atoms with van der Waals surface area (Å²) in [5.74, 6) is 0.0286. The van der Waals surface area contributed by atoms with Crippen molar-refractivity contribution >= 4 is 23.3 Å². The molecule has 9 nitrogen and oxygen atoms in total. The van der Waals surface area contributed by atoms with Crippen LogP contribution < -0.4 is 11.1 Å². The second-order valence-electron chi connectivity index (χ2n) is 4.95. The molecule has 0 radical (unpaired) electrons. The predicted octanol–water partition coefficient (Wildman–Crippen LogP) is 2.10. The van der Waals surface area contributed by atoms with E-state index in [1.54, 1.807) is 12.1 Å². The lowest BCUT2D eigenvalue weighted by molar-refractivity contribution is -0.384. The number of nitrogens with zero attached hydrogens (tertiary/aromatic N) is 2. The minimum Gasteiger partial charge on any atom is -0.467 e. The van der Waals surface area contributed by atoms with E-state index < -0.39 is 16.9 Å². The highest BCUT2D eigenvalue weighted by Gasteiger charge is 2.17. The van der Waals surface area contributed by atoms with Gasteiger partial charge in [0.2, 0.25) is 5.91 Å². The Morgan fingerprint density at radius 2 is 1.96 bits per heavy atom. The van der Waals surface area contributed by atoms with Crippen molar-refractivity contribution in [1.29, 1.82) is 0 Å². The summed E-state index contributed by atoms with van der Waals surface area (Å²) in [6.07, 6.45) is 1.49. The van der Waals surface area contributed by atoms with E-state index >= 15 is 0 Å². The van der Waals surface area contributed by atoms with Gasteiger partial charge in [0.15, 0.2) is 0 Å². The number of urea groups is 1. The van der Waals surface area contributed by atoms with Gasteiger partial charge in [0.25, 0.3) is 5.69 Å². The van der Waals surface area contributed by atoms with Crippen LogP contribution in [0.5, 0.6) is 0 Å². The van der Waals surface area contributed by atoms with E-state index in [-0.39, 0.29) is 25.2 Å². The summed E-state index contributed by atoms with van der Waals surface area (Å²) in [4.78, 5) is 34.8.